The number of amides is 1. The largest absolute Gasteiger partial charge is 0.465 e. The molecule has 6 heteroatoms. The highest BCUT2D eigenvalue weighted by molar-refractivity contribution is 6.04. The molecule has 4 nitrogen and oxygen atoms in total. The fraction of sp³-hybridized carbons (Fsp3) is 0.238. The standard InChI is InChI=1S/C21H18F2N2O2/c1-12-19(14-5-2-3-8-17(14)27-12)13-9-10-18(24-11-13)25-21(26)20-15(22)6-4-7-16(20)23/h4,6-7,9-11H,2-3,5,8H2,1H3,(H,24,25,26). The van der Waals surface area contributed by atoms with Crippen LogP contribution in [0.5, 0.6) is 0 Å². The van der Waals surface area contributed by atoms with Gasteiger partial charge in [0.05, 0.1) is 0 Å². The monoisotopic (exact) mass is 368 g/mol. The fourth-order valence-electron chi connectivity index (χ4n) is 3.59. The van der Waals surface area contributed by atoms with E-state index in [2.05, 4.69) is 10.3 Å². The zero-order valence-corrected chi connectivity index (χ0v) is 14.8. The SMILES string of the molecule is Cc1oc2c(c1-c1ccc(NC(=O)c3c(F)cccc3F)nc1)CCCC2. The molecule has 0 fully saturated rings. The minimum Gasteiger partial charge on any atom is -0.465 e. The maximum absolute atomic E-state index is 13.7. The Kier molecular flexibility index (Phi) is 4.48. The van der Waals surface area contributed by atoms with Gasteiger partial charge in [0.2, 0.25) is 0 Å². The number of nitrogens with zero attached hydrogens (tertiary/aromatic N) is 1. The van der Waals surface area contributed by atoms with Crippen molar-refractivity contribution in [2.24, 2.45) is 0 Å². The maximum atomic E-state index is 13.7. The molecule has 27 heavy (non-hydrogen) atoms. The van der Waals surface area contributed by atoms with Crippen molar-refractivity contribution in [1.82, 2.24) is 4.98 Å². The molecule has 0 unspecified atom stereocenters. The first-order valence-electron chi connectivity index (χ1n) is 8.87. The van der Waals surface area contributed by atoms with Crippen molar-refractivity contribution in [3.8, 4) is 11.1 Å². The number of benzene rings is 1. The highest BCUT2D eigenvalue weighted by Crippen LogP contribution is 2.36. The lowest BCUT2D eigenvalue weighted by Crippen LogP contribution is -2.16. The zero-order chi connectivity index (χ0) is 19.0. The van der Waals surface area contributed by atoms with Crippen molar-refractivity contribution in [2.75, 3.05) is 5.32 Å². The minimum atomic E-state index is -0.912. The van der Waals surface area contributed by atoms with E-state index < -0.39 is 23.1 Å². The third-order valence-corrected chi connectivity index (χ3v) is 4.83. The number of aryl methyl sites for hydroxylation is 2. The van der Waals surface area contributed by atoms with E-state index in [1.54, 1.807) is 12.3 Å². The summed E-state index contributed by atoms with van der Waals surface area (Å²) in [5.41, 5.74) is 2.55. The molecule has 1 aliphatic rings. The number of carbonyl (C=O) groups is 1. The highest BCUT2D eigenvalue weighted by Gasteiger charge is 2.22. The van der Waals surface area contributed by atoms with Crippen molar-refractivity contribution < 1.29 is 18.0 Å². The summed E-state index contributed by atoms with van der Waals surface area (Å²) < 4.78 is 33.3. The summed E-state index contributed by atoms with van der Waals surface area (Å²) >= 11 is 0. The lowest BCUT2D eigenvalue weighted by molar-refractivity contribution is 0.101. The molecule has 138 valence electrons. The van der Waals surface area contributed by atoms with E-state index in [4.69, 9.17) is 4.42 Å². The molecule has 0 radical (unpaired) electrons. The number of aromatic nitrogens is 1. The molecule has 0 spiro atoms. The van der Waals surface area contributed by atoms with Crippen molar-refractivity contribution in [2.45, 2.75) is 32.6 Å². The molecule has 1 N–H and O–H groups in total. The molecule has 0 saturated heterocycles. The van der Waals surface area contributed by atoms with Crippen LogP contribution in [0, 0.1) is 18.6 Å². The molecule has 0 aliphatic heterocycles. The molecular formula is C21H18F2N2O2. The smallest absolute Gasteiger partial charge is 0.262 e. The Labute approximate surface area is 155 Å². The van der Waals surface area contributed by atoms with E-state index >= 15 is 0 Å². The van der Waals surface area contributed by atoms with E-state index in [0.29, 0.717) is 0 Å². The molecule has 1 aromatic carbocycles. The summed E-state index contributed by atoms with van der Waals surface area (Å²) in [6.45, 7) is 1.93. The molecule has 1 amide bonds. The van der Waals surface area contributed by atoms with Crippen LogP contribution in [-0.4, -0.2) is 10.9 Å². The van der Waals surface area contributed by atoms with Crippen LogP contribution in [0.2, 0.25) is 0 Å². The Morgan fingerprint density at radius 1 is 1.11 bits per heavy atom. The van der Waals surface area contributed by atoms with E-state index in [0.717, 1.165) is 60.5 Å². The summed E-state index contributed by atoms with van der Waals surface area (Å²) in [6, 6.07) is 6.74. The van der Waals surface area contributed by atoms with Gasteiger partial charge in [0, 0.05) is 29.3 Å². The third kappa shape index (κ3) is 3.23. The molecule has 3 aromatic rings. The predicted octanol–water partition coefficient (Wildman–Crippen LogP) is 5.06. The molecule has 4 rings (SSSR count). The summed E-state index contributed by atoms with van der Waals surface area (Å²) in [7, 11) is 0. The first-order valence-corrected chi connectivity index (χ1v) is 8.87. The van der Waals surface area contributed by atoms with Crippen LogP contribution >= 0.6 is 0 Å². The van der Waals surface area contributed by atoms with Crippen molar-refractivity contribution in [3.63, 3.8) is 0 Å². The molecule has 0 atom stereocenters. The maximum Gasteiger partial charge on any atom is 0.262 e. The van der Waals surface area contributed by atoms with Gasteiger partial charge >= 0.3 is 0 Å². The van der Waals surface area contributed by atoms with Crippen LogP contribution in [0.15, 0.2) is 40.9 Å². The Bertz CT molecular complexity index is 990. The molecular weight excluding hydrogens is 350 g/mol. The van der Waals surface area contributed by atoms with E-state index in [1.165, 1.54) is 11.6 Å². The number of anilines is 1. The number of hydrogen-bond acceptors (Lipinski definition) is 3. The lowest BCUT2D eigenvalue weighted by Gasteiger charge is -2.11. The van der Waals surface area contributed by atoms with Crippen molar-refractivity contribution in [1.29, 1.82) is 0 Å². The topological polar surface area (TPSA) is 55.1 Å². The van der Waals surface area contributed by atoms with Crippen LogP contribution in [0.25, 0.3) is 11.1 Å². The number of nitrogens with one attached hydrogen (secondary N) is 1. The highest BCUT2D eigenvalue weighted by atomic mass is 19.1. The van der Waals surface area contributed by atoms with Crippen LogP contribution in [0.3, 0.4) is 0 Å². The number of furan rings is 1. The summed E-state index contributed by atoms with van der Waals surface area (Å²) in [5, 5.41) is 2.44. The van der Waals surface area contributed by atoms with Crippen molar-refractivity contribution >= 4 is 11.7 Å². The van der Waals surface area contributed by atoms with E-state index in [9.17, 15) is 13.6 Å². The number of carbonyl (C=O) groups excluding carboxylic acids is 1. The van der Waals surface area contributed by atoms with E-state index in [1.807, 2.05) is 13.0 Å². The van der Waals surface area contributed by atoms with Gasteiger partial charge in [-0.2, -0.15) is 0 Å². The first kappa shape index (κ1) is 17.4. The second-order valence-electron chi connectivity index (χ2n) is 6.62. The van der Waals surface area contributed by atoms with Gasteiger partial charge < -0.3 is 9.73 Å². The van der Waals surface area contributed by atoms with Gasteiger partial charge in [-0.1, -0.05) is 6.07 Å². The number of pyridine rings is 1. The van der Waals surface area contributed by atoms with E-state index in [-0.39, 0.29) is 5.82 Å². The van der Waals surface area contributed by atoms with Crippen LogP contribution < -0.4 is 5.32 Å². The first-order chi connectivity index (χ1) is 13.0. The second kappa shape index (κ2) is 6.95. The Balaban J connectivity index is 1.59. The van der Waals surface area contributed by atoms with Gasteiger partial charge in [-0.05, 0) is 50.5 Å². The summed E-state index contributed by atoms with van der Waals surface area (Å²) in [4.78, 5) is 16.4. The molecule has 2 heterocycles. The molecule has 0 saturated carbocycles. The zero-order valence-electron chi connectivity index (χ0n) is 14.8. The lowest BCUT2D eigenvalue weighted by atomic mass is 9.92. The van der Waals surface area contributed by atoms with Gasteiger partial charge in [0.15, 0.2) is 0 Å². The third-order valence-electron chi connectivity index (χ3n) is 4.83. The van der Waals surface area contributed by atoms with Crippen LogP contribution in [-0.2, 0) is 12.8 Å². The molecule has 2 aromatic heterocycles. The number of fused-ring (bicyclic) bond motifs is 1. The second-order valence-corrected chi connectivity index (χ2v) is 6.62. The summed E-state index contributed by atoms with van der Waals surface area (Å²) in [5.74, 6) is -0.575. The average molecular weight is 368 g/mol. The average Bonchev–Trinajstić information content (AvgIpc) is 2.98. The van der Waals surface area contributed by atoms with Gasteiger partial charge in [-0.3, -0.25) is 4.79 Å². The van der Waals surface area contributed by atoms with Gasteiger partial charge in [-0.15, -0.1) is 0 Å². The minimum absolute atomic E-state index is 0.224. The van der Waals surface area contributed by atoms with Gasteiger partial charge in [0.25, 0.3) is 5.91 Å². The number of hydrogen-bond donors (Lipinski definition) is 1. The van der Waals surface area contributed by atoms with Gasteiger partial charge in [-0.25, -0.2) is 13.8 Å². The number of rotatable bonds is 3. The quantitative estimate of drug-likeness (QED) is 0.703. The van der Waals surface area contributed by atoms with Gasteiger partial charge in [0.1, 0.15) is 34.5 Å². The van der Waals surface area contributed by atoms with Crippen LogP contribution in [0.1, 0.15) is 40.3 Å². The Morgan fingerprint density at radius 3 is 2.56 bits per heavy atom. The number of halogens is 2. The predicted molar refractivity (Wildman–Crippen MR) is 97.6 cm³/mol. The Morgan fingerprint density at radius 2 is 1.85 bits per heavy atom. The van der Waals surface area contributed by atoms with Crippen molar-refractivity contribution in [3.05, 3.63) is 70.8 Å². The molecule has 1 aliphatic carbocycles. The Hall–Kier alpha value is -3.02. The fourth-order valence-corrected chi connectivity index (χ4v) is 3.59. The normalized spacial score (nSPS) is 13.3. The van der Waals surface area contributed by atoms with Crippen LogP contribution in [0.4, 0.5) is 14.6 Å². The summed E-state index contributed by atoms with van der Waals surface area (Å²) in [6.07, 6.45) is 5.84. The molecule has 0 bridgehead atoms.